The van der Waals surface area contributed by atoms with Crippen LogP contribution in [0, 0.1) is 5.92 Å². The zero-order chi connectivity index (χ0) is 17.1. The van der Waals surface area contributed by atoms with Crippen molar-refractivity contribution in [2.75, 3.05) is 6.61 Å². The molecule has 0 aromatic heterocycles. The molecule has 3 N–H and O–H groups in total. The Morgan fingerprint density at radius 1 is 1.00 bits per heavy atom. The van der Waals surface area contributed by atoms with Crippen LogP contribution in [0.1, 0.15) is 33.1 Å². The fourth-order valence-corrected chi connectivity index (χ4v) is 1.40. The molecule has 22 heavy (non-hydrogen) atoms. The number of carbonyl (C=O) groups excluding carboxylic acids is 3. The summed E-state index contributed by atoms with van der Waals surface area (Å²) in [5.41, 5.74) is 0. The molecule has 0 spiro atoms. The summed E-state index contributed by atoms with van der Waals surface area (Å²) in [6.07, 6.45) is -4.21. The molecule has 3 unspecified atom stereocenters. The Labute approximate surface area is 126 Å². The minimum absolute atomic E-state index is 0.0240. The quantitative estimate of drug-likeness (QED) is 0.417. The molecule has 0 aromatic rings. The van der Waals surface area contributed by atoms with Crippen molar-refractivity contribution in [3.05, 3.63) is 0 Å². The highest BCUT2D eigenvalue weighted by molar-refractivity contribution is 5.74. The van der Waals surface area contributed by atoms with Gasteiger partial charge in [0.25, 0.3) is 0 Å². The van der Waals surface area contributed by atoms with Gasteiger partial charge in [-0.1, -0.05) is 13.8 Å². The Bertz CT molecular complexity index is 369. The molecule has 10 heteroatoms. The maximum Gasteiger partial charge on any atom is 0.591 e. The van der Waals surface area contributed by atoms with Crippen molar-refractivity contribution in [3.8, 4) is 0 Å². The van der Waals surface area contributed by atoms with Gasteiger partial charge in [-0.25, -0.2) is 29.1 Å². The molecule has 0 aliphatic rings. The van der Waals surface area contributed by atoms with Crippen LogP contribution in [0.15, 0.2) is 0 Å². The predicted octanol–water partition coefficient (Wildman–Crippen LogP) is -0.404. The fourth-order valence-electron chi connectivity index (χ4n) is 1.40. The highest BCUT2D eigenvalue weighted by Crippen LogP contribution is 2.15. The van der Waals surface area contributed by atoms with Crippen molar-refractivity contribution < 1.29 is 49.3 Å². The van der Waals surface area contributed by atoms with Crippen LogP contribution < -0.4 is 0 Å². The average molecular weight is 324 g/mol. The Hall–Kier alpha value is -1.91. The first-order valence-electron chi connectivity index (χ1n) is 6.63. The van der Waals surface area contributed by atoms with Crippen LogP contribution in [0.4, 0.5) is 4.79 Å². The van der Waals surface area contributed by atoms with E-state index in [4.69, 9.17) is 5.11 Å². The highest BCUT2D eigenvalue weighted by atomic mass is 17.3. The van der Waals surface area contributed by atoms with Gasteiger partial charge in [-0.15, -0.1) is 0 Å². The second-order valence-electron chi connectivity index (χ2n) is 4.28. The lowest BCUT2D eigenvalue weighted by Gasteiger charge is -2.22. The smallest absolute Gasteiger partial charge is 0.394 e. The molecule has 3 atom stereocenters. The first kappa shape index (κ1) is 20.1. The Morgan fingerprint density at radius 2 is 1.59 bits per heavy atom. The van der Waals surface area contributed by atoms with Gasteiger partial charge in [-0.05, 0) is 12.8 Å². The molecule has 0 saturated carbocycles. The summed E-state index contributed by atoms with van der Waals surface area (Å²) in [6.45, 7) is 2.45. The van der Waals surface area contributed by atoms with Crippen LogP contribution in [-0.2, 0) is 29.1 Å². The highest BCUT2D eigenvalue weighted by Gasteiger charge is 2.33. The third-order valence-corrected chi connectivity index (χ3v) is 2.58. The number of aliphatic hydroxyl groups is 3. The lowest BCUT2D eigenvalue weighted by atomic mass is 9.96. The monoisotopic (exact) mass is 324 g/mol. The van der Waals surface area contributed by atoms with Gasteiger partial charge >= 0.3 is 18.1 Å². The first-order valence-corrected chi connectivity index (χ1v) is 6.63. The normalized spacial score (nSPS) is 14.4. The van der Waals surface area contributed by atoms with Crippen molar-refractivity contribution in [1.29, 1.82) is 0 Å². The van der Waals surface area contributed by atoms with Crippen LogP contribution in [-0.4, -0.2) is 52.2 Å². The molecule has 0 bridgehead atoms. The maximum atomic E-state index is 11.6. The average Bonchev–Trinajstić information content (AvgIpc) is 2.50. The topological polar surface area (TPSA) is 149 Å². The molecule has 0 saturated heterocycles. The summed E-state index contributed by atoms with van der Waals surface area (Å²) >= 11 is 0. The van der Waals surface area contributed by atoms with Crippen LogP contribution in [0.2, 0.25) is 0 Å². The molecule has 0 radical (unpaired) electrons. The van der Waals surface area contributed by atoms with E-state index in [1.807, 2.05) is 0 Å². The molecule has 10 nitrogen and oxygen atoms in total. The summed E-state index contributed by atoms with van der Waals surface area (Å²) in [4.78, 5) is 49.4. The third kappa shape index (κ3) is 7.20. The van der Waals surface area contributed by atoms with Gasteiger partial charge in [0.1, 0.15) is 6.10 Å². The molecule has 0 heterocycles. The molecular formula is C12H20O10. The van der Waals surface area contributed by atoms with Gasteiger partial charge in [0, 0.05) is 6.42 Å². The molecule has 0 aliphatic carbocycles. The van der Waals surface area contributed by atoms with E-state index in [9.17, 15) is 24.6 Å². The summed E-state index contributed by atoms with van der Waals surface area (Å²) < 4.78 is 0. The number of hydrogen-bond donors (Lipinski definition) is 3. The summed E-state index contributed by atoms with van der Waals surface area (Å²) in [6, 6.07) is 0. The van der Waals surface area contributed by atoms with E-state index in [0.717, 1.165) is 0 Å². The van der Waals surface area contributed by atoms with Crippen LogP contribution >= 0.6 is 0 Å². The molecule has 0 aliphatic heterocycles. The second-order valence-corrected chi connectivity index (χ2v) is 4.28. The third-order valence-electron chi connectivity index (χ3n) is 2.58. The second kappa shape index (κ2) is 10.8. The van der Waals surface area contributed by atoms with E-state index in [0.29, 0.717) is 6.42 Å². The standard InChI is InChI=1S/C12H20O10/c1-3-5-9(15)19-21-12(18)22-20-11(17)7(4-2)10(16)8(14)6-13/h7-8,10,13-14,16H,3-6H2,1-2H3. The van der Waals surface area contributed by atoms with Crippen LogP contribution in [0.25, 0.3) is 0 Å². The largest absolute Gasteiger partial charge is 0.591 e. The lowest BCUT2D eigenvalue weighted by Crippen LogP contribution is -2.40. The van der Waals surface area contributed by atoms with Gasteiger partial charge in [-0.2, -0.15) is 4.79 Å². The summed E-state index contributed by atoms with van der Waals surface area (Å²) in [5.74, 6) is -3.21. The molecule has 0 rings (SSSR count). The molecule has 0 amide bonds. The van der Waals surface area contributed by atoms with E-state index in [-0.39, 0.29) is 12.8 Å². The molecule has 0 fully saturated rings. The SMILES string of the molecule is CCCC(=O)OOC(=O)OOC(=O)C(CC)C(O)C(O)CO. The number of carbonyl (C=O) groups is 3. The van der Waals surface area contributed by atoms with Gasteiger partial charge in [0.15, 0.2) is 0 Å². The number of aliphatic hydroxyl groups excluding tert-OH is 3. The Morgan fingerprint density at radius 3 is 2.09 bits per heavy atom. The Balaban J connectivity index is 4.24. The number of rotatable bonds is 7. The predicted molar refractivity (Wildman–Crippen MR) is 67.5 cm³/mol. The van der Waals surface area contributed by atoms with E-state index in [2.05, 4.69) is 19.6 Å². The Kier molecular flexibility index (Phi) is 9.83. The van der Waals surface area contributed by atoms with Gasteiger partial charge in [0.2, 0.25) is 0 Å². The summed E-state index contributed by atoms with van der Waals surface area (Å²) in [5, 5.41) is 27.5. The molecule has 0 aromatic carbocycles. The van der Waals surface area contributed by atoms with E-state index >= 15 is 0 Å². The zero-order valence-electron chi connectivity index (χ0n) is 12.3. The molecule has 128 valence electrons. The fraction of sp³-hybridized carbons (Fsp3) is 0.750. The van der Waals surface area contributed by atoms with Gasteiger partial charge in [0.05, 0.1) is 18.6 Å². The lowest BCUT2D eigenvalue weighted by molar-refractivity contribution is -0.296. The van der Waals surface area contributed by atoms with Crippen molar-refractivity contribution >= 4 is 18.1 Å². The van der Waals surface area contributed by atoms with E-state index < -0.39 is 42.8 Å². The molecular weight excluding hydrogens is 304 g/mol. The van der Waals surface area contributed by atoms with Crippen LogP contribution in [0.3, 0.4) is 0 Å². The minimum Gasteiger partial charge on any atom is -0.394 e. The van der Waals surface area contributed by atoms with Gasteiger partial charge in [-0.3, -0.25) is 0 Å². The maximum absolute atomic E-state index is 11.6. The summed E-state index contributed by atoms with van der Waals surface area (Å²) in [7, 11) is 0. The van der Waals surface area contributed by atoms with Crippen molar-refractivity contribution in [2.45, 2.75) is 45.3 Å². The van der Waals surface area contributed by atoms with Crippen molar-refractivity contribution in [3.63, 3.8) is 0 Å². The van der Waals surface area contributed by atoms with Crippen molar-refractivity contribution in [2.24, 2.45) is 5.92 Å². The van der Waals surface area contributed by atoms with E-state index in [1.165, 1.54) is 6.92 Å². The van der Waals surface area contributed by atoms with Crippen molar-refractivity contribution in [1.82, 2.24) is 0 Å². The minimum atomic E-state index is -1.61. The van der Waals surface area contributed by atoms with Gasteiger partial charge < -0.3 is 15.3 Å². The zero-order valence-corrected chi connectivity index (χ0v) is 12.3. The van der Waals surface area contributed by atoms with E-state index in [1.54, 1.807) is 6.92 Å². The first-order chi connectivity index (χ1) is 10.4. The van der Waals surface area contributed by atoms with Crippen LogP contribution in [0.5, 0.6) is 0 Å². The number of hydrogen-bond acceptors (Lipinski definition) is 10.